The van der Waals surface area contributed by atoms with Crippen molar-refractivity contribution >= 4 is 24.0 Å². The minimum atomic E-state index is -1.10. The van der Waals surface area contributed by atoms with Gasteiger partial charge in [0, 0.05) is 4.45 Å². The van der Waals surface area contributed by atoms with Crippen molar-refractivity contribution in [2.45, 2.75) is 68.4 Å². The first-order valence-electron chi connectivity index (χ1n) is 6.28. The molecule has 0 aromatic carbocycles. The molecule has 0 radical (unpaired) electrons. The van der Waals surface area contributed by atoms with E-state index < -0.39 is 8.07 Å². The summed E-state index contributed by atoms with van der Waals surface area (Å²) in [6.45, 7) is 7.28. The SMILES string of the molecule is C[Si](C)(C)[C@@H](Br)[C@@H]1C[C@H]2CCCC[C@@H]2O1. The van der Waals surface area contributed by atoms with Crippen LogP contribution < -0.4 is 0 Å². The molecule has 2 fully saturated rings. The van der Waals surface area contributed by atoms with E-state index in [1.165, 1.54) is 32.1 Å². The molecular formula is C12H23BrOSi. The second-order valence-electron chi connectivity index (χ2n) is 6.26. The fraction of sp³-hybridized carbons (Fsp3) is 1.00. The van der Waals surface area contributed by atoms with Crippen molar-refractivity contribution in [3.63, 3.8) is 0 Å². The van der Waals surface area contributed by atoms with Crippen LogP contribution in [0.1, 0.15) is 32.1 Å². The van der Waals surface area contributed by atoms with E-state index in [1.54, 1.807) is 0 Å². The zero-order valence-corrected chi connectivity index (χ0v) is 12.7. The smallest absolute Gasteiger partial charge is 0.0682 e. The molecule has 88 valence electrons. The zero-order valence-electron chi connectivity index (χ0n) is 10.1. The topological polar surface area (TPSA) is 9.23 Å². The summed E-state index contributed by atoms with van der Waals surface area (Å²) < 4.78 is 6.88. The van der Waals surface area contributed by atoms with Gasteiger partial charge in [-0.15, -0.1) is 0 Å². The first kappa shape index (κ1) is 12.1. The lowest BCUT2D eigenvalue weighted by Gasteiger charge is -2.28. The van der Waals surface area contributed by atoms with Crippen molar-refractivity contribution in [2.24, 2.45) is 5.92 Å². The van der Waals surface area contributed by atoms with E-state index in [9.17, 15) is 0 Å². The molecule has 0 bridgehead atoms. The van der Waals surface area contributed by atoms with Gasteiger partial charge >= 0.3 is 0 Å². The Balaban J connectivity index is 1.96. The summed E-state index contributed by atoms with van der Waals surface area (Å²) in [7, 11) is -1.10. The van der Waals surface area contributed by atoms with Crippen LogP contribution in [0.2, 0.25) is 19.6 Å². The van der Waals surface area contributed by atoms with Gasteiger partial charge in [0.2, 0.25) is 0 Å². The van der Waals surface area contributed by atoms with Gasteiger partial charge in [-0.1, -0.05) is 48.4 Å². The van der Waals surface area contributed by atoms with Crippen LogP contribution in [0.25, 0.3) is 0 Å². The lowest BCUT2D eigenvalue weighted by molar-refractivity contribution is 0.0252. The molecular weight excluding hydrogens is 268 g/mol. The van der Waals surface area contributed by atoms with Crippen LogP contribution in [0.15, 0.2) is 0 Å². The summed E-state index contributed by atoms with van der Waals surface area (Å²) in [5.74, 6) is 0.875. The van der Waals surface area contributed by atoms with Crippen LogP contribution in [-0.4, -0.2) is 24.7 Å². The Morgan fingerprint density at radius 1 is 1.20 bits per heavy atom. The van der Waals surface area contributed by atoms with Crippen molar-refractivity contribution in [3.8, 4) is 0 Å². The Morgan fingerprint density at radius 3 is 2.47 bits per heavy atom. The summed E-state index contributed by atoms with van der Waals surface area (Å²) in [5, 5.41) is 0. The van der Waals surface area contributed by atoms with Crippen LogP contribution in [0.4, 0.5) is 0 Å². The summed E-state index contributed by atoms with van der Waals surface area (Å²) >= 11 is 3.90. The molecule has 15 heavy (non-hydrogen) atoms. The standard InChI is InChI=1S/C12H23BrOSi/c1-15(2,3)12(13)11-8-9-6-4-5-7-10(9)14-11/h9-12H,4-8H2,1-3H3/t9-,10+,11+,12-/m1/s1. The van der Waals surface area contributed by atoms with Gasteiger partial charge in [0.05, 0.1) is 20.3 Å². The molecule has 4 atom stereocenters. The van der Waals surface area contributed by atoms with E-state index in [-0.39, 0.29) is 0 Å². The largest absolute Gasteiger partial charge is 0.374 e. The summed E-state index contributed by atoms with van der Waals surface area (Å²) in [6, 6.07) is 0. The Kier molecular flexibility index (Phi) is 3.63. The highest BCUT2D eigenvalue weighted by Crippen LogP contribution is 2.41. The molecule has 1 nitrogen and oxygen atoms in total. The van der Waals surface area contributed by atoms with Crippen molar-refractivity contribution in [3.05, 3.63) is 0 Å². The Bertz CT molecular complexity index is 212. The first-order chi connectivity index (χ1) is 6.98. The average Bonchev–Trinajstić information content (AvgIpc) is 2.58. The van der Waals surface area contributed by atoms with Crippen LogP contribution in [0.3, 0.4) is 0 Å². The Morgan fingerprint density at radius 2 is 1.87 bits per heavy atom. The van der Waals surface area contributed by atoms with Crippen molar-refractivity contribution in [1.29, 1.82) is 0 Å². The highest BCUT2D eigenvalue weighted by molar-refractivity contribution is 9.10. The molecule has 2 rings (SSSR count). The van der Waals surface area contributed by atoms with Crippen molar-refractivity contribution < 1.29 is 4.74 Å². The van der Waals surface area contributed by atoms with Gasteiger partial charge in [-0.2, -0.15) is 0 Å². The van der Waals surface area contributed by atoms with Crippen LogP contribution in [0, 0.1) is 5.92 Å². The average molecular weight is 291 g/mol. The van der Waals surface area contributed by atoms with Gasteiger partial charge in [0.15, 0.2) is 0 Å². The minimum Gasteiger partial charge on any atom is -0.374 e. The van der Waals surface area contributed by atoms with E-state index in [2.05, 4.69) is 35.6 Å². The summed E-state index contributed by atoms with van der Waals surface area (Å²) in [5.41, 5.74) is 0. The van der Waals surface area contributed by atoms with Crippen molar-refractivity contribution in [1.82, 2.24) is 0 Å². The predicted molar refractivity (Wildman–Crippen MR) is 71.3 cm³/mol. The lowest BCUT2D eigenvalue weighted by atomic mass is 9.86. The second-order valence-corrected chi connectivity index (χ2v) is 13.4. The molecule has 0 unspecified atom stereocenters. The van der Waals surface area contributed by atoms with Crippen LogP contribution >= 0.6 is 15.9 Å². The van der Waals surface area contributed by atoms with Gasteiger partial charge < -0.3 is 4.74 Å². The Labute approximate surface area is 103 Å². The maximum absolute atomic E-state index is 6.24. The highest BCUT2D eigenvalue weighted by Gasteiger charge is 2.42. The number of alkyl halides is 1. The van der Waals surface area contributed by atoms with Gasteiger partial charge in [0.25, 0.3) is 0 Å². The molecule has 2 aliphatic rings. The third kappa shape index (κ3) is 2.67. The van der Waals surface area contributed by atoms with Gasteiger partial charge in [0.1, 0.15) is 0 Å². The maximum Gasteiger partial charge on any atom is 0.0682 e. The number of rotatable bonds is 2. The molecule has 0 spiro atoms. The number of fused-ring (bicyclic) bond motifs is 1. The van der Waals surface area contributed by atoms with Crippen LogP contribution in [0.5, 0.6) is 0 Å². The summed E-state index contributed by atoms with van der Waals surface area (Å²) in [6.07, 6.45) is 7.94. The van der Waals surface area contributed by atoms with Crippen LogP contribution in [-0.2, 0) is 4.74 Å². The molecule has 1 aliphatic heterocycles. The third-order valence-corrected chi connectivity index (χ3v) is 10.6. The van der Waals surface area contributed by atoms with E-state index in [1.807, 2.05) is 0 Å². The molecule has 1 saturated carbocycles. The molecule has 0 aromatic rings. The van der Waals surface area contributed by atoms with Crippen molar-refractivity contribution in [2.75, 3.05) is 0 Å². The van der Waals surface area contributed by atoms with E-state index >= 15 is 0 Å². The van der Waals surface area contributed by atoms with Gasteiger partial charge in [-0.25, -0.2) is 0 Å². The zero-order chi connectivity index (χ0) is 11.1. The fourth-order valence-electron chi connectivity index (χ4n) is 2.95. The first-order valence-corrected chi connectivity index (χ1v) is 10.8. The Hall–Kier alpha value is 0.657. The molecule has 1 saturated heterocycles. The number of halogens is 1. The molecule has 1 heterocycles. The number of hydrogen-bond acceptors (Lipinski definition) is 1. The lowest BCUT2D eigenvalue weighted by Crippen LogP contribution is -2.42. The molecule has 3 heteroatoms. The van der Waals surface area contributed by atoms with E-state index in [0.29, 0.717) is 16.7 Å². The van der Waals surface area contributed by atoms with E-state index in [4.69, 9.17) is 4.74 Å². The monoisotopic (exact) mass is 290 g/mol. The second kappa shape index (κ2) is 4.50. The maximum atomic E-state index is 6.24. The summed E-state index contributed by atoms with van der Waals surface area (Å²) in [4.78, 5) is 0. The molecule has 0 amide bonds. The highest BCUT2D eigenvalue weighted by atomic mass is 79.9. The van der Waals surface area contributed by atoms with Gasteiger partial charge in [-0.3, -0.25) is 0 Å². The predicted octanol–water partition coefficient (Wildman–Crippen LogP) is 3.98. The molecule has 0 N–H and O–H groups in total. The quantitative estimate of drug-likeness (QED) is 0.552. The van der Waals surface area contributed by atoms with Gasteiger partial charge in [-0.05, 0) is 25.2 Å². The number of ether oxygens (including phenoxy) is 1. The minimum absolute atomic E-state index is 0.504. The number of hydrogen-bond donors (Lipinski definition) is 0. The molecule has 1 aliphatic carbocycles. The normalized spacial score (nSPS) is 38.8. The third-order valence-electron chi connectivity index (χ3n) is 3.88. The molecule has 0 aromatic heterocycles. The van der Waals surface area contributed by atoms with E-state index in [0.717, 1.165) is 5.92 Å². The fourth-order valence-corrected chi connectivity index (χ4v) is 4.62.